The average Bonchev–Trinajstić information content (AvgIpc) is 3.44. The number of hydrogen-bond acceptors (Lipinski definition) is 5. The molecular weight excluding hydrogens is 376 g/mol. The second-order valence-corrected chi connectivity index (χ2v) is 8.87. The number of pyridine rings is 1. The van der Waals surface area contributed by atoms with Crippen molar-refractivity contribution < 1.29 is 14.3 Å². The second kappa shape index (κ2) is 9.07. The van der Waals surface area contributed by atoms with Crippen molar-refractivity contribution in [3.05, 3.63) is 47.7 Å². The minimum absolute atomic E-state index is 0.161. The van der Waals surface area contributed by atoms with E-state index in [2.05, 4.69) is 41.9 Å². The van der Waals surface area contributed by atoms with Gasteiger partial charge in [0.05, 0.1) is 13.2 Å². The van der Waals surface area contributed by atoms with Crippen LogP contribution in [0, 0.1) is 12.8 Å². The van der Waals surface area contributed by atoms with Gasteiger partial charge in [0.2, 0.25) is 5.88 Å². The zero-order valence-corrected chi connectivity index (χ0v) is 18.3. The number of carbonyl (C=O) groups is 1. The first-order valence-electron chi connectivity index (χ1n) is 11.1. The fraction of sp³-hybridized carbons (Fsp3) is 0.520. The molecule has 0 unspecified atom stereocenters. The number of aromatic nitrogens is 1. The number of nitrogens with zero attached hydrogens (tertiary/aromatic N) is 2. The molecule has 2 atom stereocenters. The van der Waals surface area contributed by atoms with Gasteiger partial charge >= 0.3 is 0 Å². The average molecular weight is 409 g/mol. The topological polar surface area (TPSA) is 51.7 Å². The molecule has 2 fully saturated rings. The summed E-state index contributed by atoms with van der Waals surface area (Å²) in [6, 6.07) is 10.3. The molecule has 1 aromatic heterocycles. The van der Waals surface area contributed by atoms with E-state index >= 15 is 0 Å². The summed E-state index contributed by atoms with van der Waals surface area (Å²) < 4.78 is 12.2. The van der Waals surface area contributed by atoms with Crippen LogP contribution in [0.3, 0.4) is 0 Å². The van der Waals surface area contributed by atoms with E-state index in [1.54, 1.807) is 6.92 Å². The predicted octanol–water partition coefficient (Wildman–Crippen LogP) is 4.92. The van der Waals surface area contributed by atoms with Crippen LogP contribution in [0.2, 0.25) is 0 Å². The SMILES string of the molecule is CC(=O)C[C@@H](C)c1ccc(O[C@@H]2CCN(c3ccnc(OCC4CC4)c3C)C2)cc1. The molecule has 0 radical (unpaired) electrons. The minimum Gasteiger partial charge on any atom is -0.489 e. The number of rotatable bonds is 9. The molecule has 5 nitrogen and oxygen atoms in total. The number of anilines is 1. The Hall–Kier alpha value is -2.56. The summed E-state index contributed by atoms with van der Waals surface area (Å²) in [5.41, 5.74) is 3.48. The van der Waals surface area contributed by atoms with Gasteiger partial charge in [-0.25, -0.2) is 4.98 Å². The molecule has 1 saturated carbocycles. The molecule has 1 aliphatic heterocycles. The lowest BCUT2D eigenvalue weighted by molar-refractivity contribution is -0.117. The van der Waals surface area contributed by atoms with Crippen LogP contribution in [0.15, 0.2) is 36.5 Å². The molecule has 0 spiro atoms. The van der Waals surface area contributed by atoms with Crippen LogP contribution >= 0.6 is 0 Å². The molecule has 1 saturated heterocycles. The van der Waals surface area contributed by atoms with Crippen molar-refractivity contribution in [1.29, 1.82) is 0 Å². The fourth-order valence-electron chi connectivity index (χ4n) is 4.14. The van der Waals surface area contributed by atoms with Crippen LogP contribution < -0.4 is 14.4 Å². The molecule has 2 aromatic rings. The molecule has 0 bridgehead atoms. The highest BCUT2D eigenvalue weighted by molar-refractivity contribution is 5.76. The van der Waals surface area contributed by atoms with Gasteiger partial charge in [-0.3, -0.25) is 0 Å². The van der Waals surface area contributed by atoms with Crippen molar-refractivity contribution in [3.63, 3.8) is 0 Å². The van der Waals surface area contributed by atoms with Crippen LogP contribution in [0.25, 0.3) is 0 Å². The largest absolute Gasteiger partial charge is 0.489 e. The quantitative estimate of drug-likeness (QED) is 0.589. The van der Waals surface area contributed by atoms with Gasteiger partial charge in [0.15, 0.2) is 0 Å². The van der Waals surface area contributed by atoms with E-state index in [-0.39, 0.29) is 17.8 Å². The first-order valence-corrected chi connectivity index (χ1v) is 11.1. The maximum absolute atomic E-state index is 11.3. The van der Waals surface area contributed by atoms with Crippen molar-refractivity contribution in [2.24, 2.45) is 5.92 Å². The molecule has 0 N–H and O–H groups in total. The predicted molar refractivity (Wildman–Crippen MR) is 119 cm³/mol. The third-order valence-electron chi connectivity index (χ3n) is 6.11. The van der Waals surface area contributed by atoms with Gasteiger partial charge in [-0.2, -0.15) is 0 Å². The monoisotopic (exact) mass is 408 g/mol. The number of hydrogen-bond donors (Lipinski definition) is 0. The van der Waals surface area contributed by atoms with Gasteiger partial charge in [0.25, 0.3) is 0 Å². The summed E-state index contributed by atoms with van der Waals surface area (Å²) >= 11 is 0. The van der Waals surface area contributed by atoms with Gasteiger partial charge < -0.3 is 19.2 Å². The lowest BCUT2D eigenvalue weighted by Gasteiger charge is -2.22. The number of carbonyl (C=O) groups excluding carboxylic acids is 1. The minimum atomic E-state index is 0.161. The summed E-state index contributed by atoms with van der Waals surface area (Å²) in [7, 11) is 0. The van der Waals surface area contributed by atoms with E-state index in [0.717, 1.165) is 49.2 Å². The smallest absolute Gasteiger partial charge is 0.218 e. The van der Waals surface area contributed by atoms with Gasteiger partial charge in [0, 0.05) is 36.8 Å². The summed E-state index contributed by atoms with van der Waals surface area (Å²) in [6.07, 6.45) is 6.13. The van der Waals surface area contributed by atoms with E-state index in [9.17, 15) is 4.79 Å². The third kappa shape index (κ3) is 5.13. The van der Waals surface area contributed by atoms with Crippen molar-refractivity contribution in [2.75, 3.05) is 24.6 Å². The van der Waals surface area contributed by atoms with Crippen molar-refractivity contribution in [1.82, 2.24) is 4.98 Å². The molecule has 160 valence electrons. The number of benzene rings is 1. The zero-order valence-electron chi connectivity index (χ0n) is 18.3. The Balaban J connectivity index is 1.34. The lowest BCUT2D eigenvalue weighted by atomic mass is 9.96. The molecule has 4 rings (SSSR count). The lowest BCUT2D eigenvalue weighted by Crippen LogP contribution is -2.25. The van der Waals surface area contributed by atoms with Crippen LogP contribution in [-0.2, 0) is 4.79 Å². The highest BCUT2D eigenvalue weighted by atomic mass is 16.5. The first kappa shape index (κ1) is 20.7. The van der Waals surface area contributed by atoms with Crippen molar-refractivity contribution in [3.8, 4) is 11.6 Å². The van der Waals surface area contributed by atoms with Gasteiger partial charge in [-0.05, 0) is 62.3 Å². The summed E-state index contributed by atoms with van der Waals surface area (Å²) in [5, 5.41) is 0. The van der Waals surface area contributed by atoms with Gasteiger partial charge in [-0.15, -0.1) is 0 Å². The van der Waals surface area contributed by atoms with E-state index in [1.165, 1.54) is 24.1 Å². The molecule has 0 amide bonds. The third-order valence-corrected chi connectivity index (χ3v) is 6.11. The number of Topliss-reactive ketones (excluding diaryl/α,β-unsaturated/α-hetero) is 1. The number of ketones is 1. The second-order valence-electron chi connectivity index (χ2n) is 8.87. The Labute approximate surface area is 179 Å². The molecular formula is C25H32N2O3. The molecule has 2 heterocycles. The maximum Gasteiger partial charge on any atom is 0.218 e. The Bertz CT molecular complexity index is 876. The summed E-state index contributed by atoms with van der Waals surface area (Å²) in [5.74, 6) is 2.83. The Morgan fingerprint density at radius 3 is 2.67 bits per heavy atom. The van der Waals surface area contributed by atoms with Gasteiger partial charge in [0.1, 0.15) is 17.6 Å². The zero-order chi connectivity index (χ0) is 21.1. The standard InChI is InChI=1S/C25H32N2O3/c1-17(14-18(2)28)21-6-8-22(9-7-21)30-23-11-13-27(15-23)24-10-12-26-25(19(24)3)29-16-20-4-5-20/h6-10,12,17,20,23H,4-5,11,13-16H2,1-3H3/t17-,23-/m1/s1. The summed E-state index contributed by atoms with van der Waals surface area (Å²) in [6.45, 7) is 8.43. The van der Waals surface area contributed by atoms with Crippen molar-refractivity contribution in [2.45, 2.75) is 58.5 Å². The van der Waals surface area contributed by atoms with Crippen LogP contribution in [0.1, 0.15) is 56.6 Å². The fourth-order valence-corrected chi connectivity index (χ4v) is 4.14. The van der Waals surface area contributed by atoms with Crippen LogP contribution in [0.5, 0.6) is 11.6 Å². The van der Waals surface area contributed by atoms with E-state index in [0.29, 0.717) is 6.42 Å². The maximum atomic E-state index is 11.3. The van der Waals surface area contributed by atoms with E-state index < -0.39 is 0 Å². The highest BCUT2D eigenvalue weighted by Crippen LogP contribution is 2.33. The Morgan fingerprint density at radius 2 is 1.97 bits per heavy atom. The highest BCUT2D eigenvalue weighted by Gasteiger charge is 2.27. The molecule has 5 heteroatoms. The molecule has 1 aliphatic carbocycles. The Kier molecular flexibility index (Phi) is 6.26. The molecule has 30 heavy (non-hydrogen) atoms. The van der Waals surface area contributed by atoms with E-state index in [1.807, 2.05) is 18.3 Å². The summed E-state index contributed by atoms with van der Waals surface area (Å²) in [4.78, 5) is 18.2. The number of ether oxygens (including phenoxy) is 2. The van der Waals surface area contributed by atoms with Crippen molar-refractivity contribution >= 4 is 11.5 Å². The molecule has 1 aromatic carbocycles. The van der Waals surface area contributed by atoms with Crippen LogP contribution in [-0.4, -0.2) is 36.6 Å². The van der Waals surface area contributed by atoms with Gasteiger partial charge in [-0.1, -0.05) is 19.1 Å². The molecule has 2 aliphatic rings. The first-order chi connectivity index (χ1) is 14.5. The van der Waals surface area contributed by atoms with Crippen LogP contribution in [0.4, 0.5) is 5.69 Å². The normalized spacial score (nSPS) is 19.6. The van der Waals surface area contributed by atoms with E-state index in [4.69, 9.17) is 9.47 Å². The Morgan fingerprint density at radius 1 is 1.20 bits per heavy atom.